The fourth-order valence-electron chi connectivity index (χ4n) is 5.60. The van der Waals surface area contributed by atoms with Gasteiger partial charge in [-0.2, -0.15) is 13.2 Å². The summed E-state index contributed by atoms with van der Waals surface area (Å²) in [5.41, 5.74) is 5.22. The number of carboxylic acid groups (broad SMARTS) is 1. The molecule has 0 spiro atoms. The minimum Gasteiger partial charge on any atom is -0.478 e. The van der Waals surface area contributed by atoms with Gasteiger partial charge in [-0.25, -0.2) is 4.79 Å². The van der Waals surface area contributed by atoms with Crippen molar-refractivity contribution in [1.82, 2.24) is 9.55 Å². The average Bonchev–Trinajstić information content (AvgIpc) is 3.33. The molecule has 0 saturated heterocycles. The number of benzene rings is 4. The monoisotopic (exact) mass is 565 g/mol. The maximum atomic E-state index is 13.9. The first-order valence-corrected chi connectivity index (χ1v) is 13.4. The third-order valence-electron chi connectivity index (χ3n) is 7.45. The second kappa shape index (κ2) is 10.7. The molecule has 2 aromatic heterocycles. The fourth-order valence-corrected chi connectivity index (χ4v) is 5.60. The van der Waals surface area contributed by atoms with Crippen molar-refractivity contribution in [1.29, 1.82) is 0 Å². The molecule has 2 heterocycles. The van der Waals surface area contributed by atoms with Crippen LogP contribution in [0.5, 0.6) is 0 Å². The lowest BCUT2D eigenvalue weighted by Crippen LogP contribution is -2.07. The van der Waals surface area contributed by atoms with E-state index in [1.807, 2.05) is 66.7 Å². The molecule has 5 nitrogen and oxygen atoms in total. The molecule has 6 rings (SSSR count). The van der Waals surface area contributed by atoms with Gasteiger partial charge in [-0.3, -0.25) is 4.98 Å². The number of hydrogen-bond donors (Lipinski definition) is 2. The minimum absolute atomic E-state index is 0.0787. The van der Waals surface area contributed by atoms with E-state index in [1.54, 1.807) is 36.1 Å². The first-order valence-electron chi connectivity index (χ1n) is 13.4. The van der Waals surface area contributed by atoms with Crippen LogP contribution in [0.4, 0.5) is 18.9 Å². The van der Waals surface area contributed by atoms with Gasteiger partial charge in [-0.15, -0.1) is 0 Å². The molecule has 0 aliphatic carbocycles. The molecule has 2 N–H and O–H groups in total. The summed E-state index contributed by atoms with van der Waals surface area (Å²) in [5, 5.41) is 14.1. The molecule has 0 amide bonds. The van der Waals surface area contributed by atoms with Gasteiger partial charge in [0.2, 0.25) is 0 Å². The number of carboxylic acids is 1. The zero-order valence-electron chi connectivity index (χ0n) is 22.6. The molecule has 42 heavy (non-hydrogen) atoms. The number of anilines is 1. The van der Waals surface area contributed by atoms with E-state index in [-0.39, 0.29) is 11.1 Å². The van der Waals surface area contributed by atoms with Crippen molar-refractivity contribution in [3.05, 3.63) is 131 Å². The number of carbonyl (C=O) groups is 1. The van der Waals surface area contributed by atoms with Gasteiger partial charge in [0.25, 0.3) is 0 Å². The predicted molar refractivity (Wildman–Crippen MR) is 159 cm³/mol. The largest absolute Gasteiger partial charge is 0.478 e. The Labute approximate surface area is 239 Å². The summed E-state index contributed by atoms with van der Waals surface area (Å²) < 4.78 is 43.6. The van der Waals surface area contributed by atoms with Crippen molar-refractivity contribution < 1.29 is 23.1 Å². The molecule has 210 valence electrons. The van der Waals surface area contributed by atoms with Gasteiger partial charge >= 0.3 is 12.1 Å². The zero-order chi connectivity index (χ0) is 29.4. The Morgan fingerprint density at radius 1 is 0.905 bits per heavy atom. The molecule has 6 aromatic rings. The molecule has 0 atom stereocenters. The van der Waals surface area contributed by atoms with E-state index in [9.17, 15) is 23.1 Å². The Bertz CT molecular complexity index is 1950. The maximum absolute atomic E-state index is 13.9. The van der Waals surface area contributed by atoms with Crippen LogP contribution >= 0.6 is 0 Å². The number of aromatic nitrogens is 2. The molecule has 0 saturated carbocycles. The highest BCUT2D eigenvalue weighted by atomic mass is 19.4. The topological polar surface area (TPSA) is 67.2 Å². The van der Waals surface area contributed by atoms with Gasteiger partial charge in [-0.1, -0.05) is 72.8 Å². The molecule has 0 bridgehead atoms. The number of para-hydroxylation sites is 2. The molecular formula is C34H26F3N3O2. The molecule has 0 radical (unpaired) electrons. The van der Waals surface area contributed by atoms with Crippen LogP contribution in [0.15, 0.2) is 103 Å². The first-order chi connectivity index (χ1) is 20.2. The van der Waals surface area contributed by atoms with E-state index in [0.29, 0.717) is 29.3 Å². The van der Waals surface area contributed by atoms with Crippen molar-refractivity contribution >= 4 is 33.5 Å². The molecular weight excluding hydrogens is 539 g/mol. The van der Waals surface area contributed by atoms with Gasteiger partial charge < -0.3 is 15.0 Å². The summed E-state index contributed by atoms with van der Waals surface area (Å²) in [4.78, 5) is 16.0. The summed E-state index contributed by atoms with van der Waals surface area (Å²) in [6.07, 6.45) is -0.869. The normalized spacial score (nSPS) is 11.7. The number of pyridine rings is 1. The summed E-state index contributed by atoms with van der Waals surface area (Å²) in [6.45, 7) is 0.422. The fraction of sp³-hybridized carbons (Fsp3) is 0.118. The highest BCUT2D eigenvalue weighted by molar-refractivity contribution is 6.07. The van der Waals surface area contributed by atoms with Crippen LogP contribution < -0.4 is 5.32 Å². The lowest BCUT2D eigenvalue weighted by molar-refractivity contribution is -0.136. The van der Waals surface area contributed by atoms with Gasteiger partial charge in [0.05, 0.1) is 27.8 Å². The number of aromatic carboxylic acids is 1. The van der Waals surface area contributed by atoms with E-state index < -0.39 is 17.7 Å². The van der Waals surface area contributed by atoms with Crippen LogP contribution in [0.25, 0.3) is 32.9 Å². The molecule has 8 heteroatoms. The van der Waals surface area contributed by atoms with Gasteiger partial charge in [0.1, 0.15) is 0 Å². The van der Waals surface area contributed by atoms with E-state index >= 15 is 0 Å². The number of nitrogens with one attached hydrogen (secondary N) is 1. The van der Waals surface area contributed by atoms with Crippen molar-refractivity contribution in [2.75, 3.05) is 5.32 Å². The van der Waals surface area contributed by atoms with Crippen LogP contribution in [-0.4, -0.2) is 20.6 Å². The quantitative estimate of drug-likeness (QED) is 0.204. The minimum atomic E-state index is -4.53. The summed E-state index contributed by atoms with van der Waals surface area (Å²) >= 11 is 0. The third-order valence-corrected chi connectivity index (χ3v) is 7.45. The average molecular weight is 566 g/mol. The molecule has 0 unspecified atom stereocenters. The molecule has 0 aliphatic heterocycles. The first kappa shape index (κ1) is 27.1. The molecule has 4 aromatic carbocycles. The molecule has 0 fully saturated rings. The standard InChI is InChI=1S/C34H26F3N3O2/c1-40-20-27(33(41)42)25-12-7-15-29(32(25)40)38-18-22-10-5-11-23(17-22)30-24(16-21-8-3-2-4-9-21)19-39-31-26(30)13-6-14-28(31)34(35,36)37/h2-15,17,19-20,38H,16,18H2,1H3,(H,41,42). The summed E-state index contributed by atoms with van der Waals surface area (Å²) in [5.74, 6) is -0.991. The highest BCUT2D eigenvalue weighted by Crippen LogP contribution is 2.39. The van der Waals surface area contributed by atoms with Gasteiger partial charge in [0, 0.05) is 36.8 Å². The number of halogens is 3. The Morgan fingerprint density at radius 3 is 2.38 bits per heavy atom. The summed E-state index contributed by atoms with van der Waals surface area (Å²) in [7, 11) is 1.80. The highest BCUT2D eigenvalue weighted by Gasteiger charge is 2.33. The van der Waals surface area contributed by atoms with Crippen LogP contribution in [0.3, 0.4) is 0 Å². The van der Waals surface area contributed by atoms with Gasteiger partial charge in [-0.05, 0) is 52.4 Å². The lowest BCUT2D eigenvalue weighted by Gasteiger charge is -2.17. The van der Waals surface area contributed by atoms with Crippen LogP contribution in [0, 0.1) is 0 Å². The van der Waals surface area contributed by atoms with Crippen LogP contribution in [-0.2, 0) is 26.2 Å². The number of aryl methyl sites for hydroxylation is 1. The van der Waals surface area contributed by atoms with E-state index in [1.165, 1.54) is 6.07 Å². The SMILES string of the molecule is Cn1cc(C(=O)O)c2cccc(NCc3cccc(-c4c(Cc5ccccc5)cnc5c(C(F)(F)F)cccc45)c3)c21. The zero-order valence-corrected chi connectivity index (χ0v) is 22.6. The lowest BCUT2D eigenvalue weighted by atomic mass is 9.91. The molecule has 0 aliphatic rings. The van der Waals surface area contributed by atoms with Gasteiger partial charge in [0.15, 0.2) is 0 Å². The Balaban J connectivity index is 1.42. The second-order valence-corrected chi connectivity index (χ2v) is 10.2. The number of nitrogens with zero attached hydrogens (tertiary/aromatic N) is 2. The van der Waals surface area contributed by atoms with E-state index in [2.05, 4.69) is 10.3 Å². The number of rotatable bonds is 7. The number of fused-ring (bicyclic) bond motifs is 2. The van der Waals surface area contributed by atoms with E-state index in [0.717, 1.165) is 39.5 Å². The third kappa shape index (κ3) is 5.07. The Morgan fingerprint density at radius 2 is 1.62 bits per heavy atom. The Kier molecular flexibility index (Phi) is 6.90. The smallest absolute Gasteiger partial charge is 0.418 e. The van der Waals surface area contributed by atoms with Crippen LogP contribution in [0.2, 0.25) is 0 Å². The predicted octanol–water partition coefficient (Wildman–Crippen LogP) is 8.31. The summed E-state index contributed by atoms with van der Waals surface area (Å²) in [6, 6.07) is 27.2. The second-order valence-electron chi connectivity index (χ2n) is 10.2. The van der Waals surface area contributed by atoms with Crippen molar-refractivity contribution in [2.24, 2.45) is 7.05 Å². The maximum Gasteiger partial charge on any atom is 0.418 e. The number of alkyl halides is 3. The van der Waals surface area contributed by atoms with Crippen molar-refractivity contribution in [3.8, 4) is 11.1 Å². The number of hydrogen-bond acceptors (Lipinski definition) is 3. The Hall–Kier alpha value is -5.11. The van der Waals surface area contributed by atoms with E-state index in [4.69, 9.17) is 0 Å². The van der Waals surface area contributed by atoms with Crippen molar-refractivity contribution in [3.63, 3.8) is 0 Å². The van der Waals surface area contributed by atoms with Crippen LogP contribution in [0.1, 0.15) is 32.6 Å². The van der Waals surface area contributed by atoms with Crippen molar-refractivity contribution in [2.45, 2.75) is 19.1 Å².